The number of carbonyl (C=O) groups is 2. The number of carbonyl (C=O) groups excluding carboxylic acids is 2. The molecule has 2 N–H and O–H groups in total. The Kier molecular flexibility index (Phi) is 8.34. The zero-order valence-electron chi connectivity index (χ0n) is 20.8. The molecule has 11 nitrogen and oxygen atoms in total. The maximum absolute atomic E-state index is 12.5. The van der Waals surface area contributed by atoms with E-state index in [1.807, 2.05) is 0 Å². The Hall–Kier alpha value is -3.71. The van der Waals surface area contributed by atoms with E-state index in [2.05, 4.69) is 47.7 Å². The van der Waals surface area contributed by atoms with Crippen molar-refractivity contribution in [3.8, 4) is 0 Å². The van der Waals surface area contributed by atoms with Crippen molar-refractivity contribution in [1.82, 2.24) is 35.1 Å². The van der Waals surface area contributed by atoms with E-state index in [1.165, 1.54) is 16.2 Å². The molecule has 4 aromatic rings. The normalized spacial score (nSPS) is 17.2. The fraction of sp³-hybridized carbons (Fsp3) is 0.400. The van der Waals surface area contributed by atoms with Crippen LogP contribution >= 0.6 is 22.7 Å². The fourth-order valence-corrected chi connectivity index (χ4v) is 6.67. The van der Waals surface area contributed by atoms with E-state index in [1.54, 1.807) is 48.3 Å². The lowest BCUT2D eigenvalue weighted by Crippen LogP contribution is -2.15. The lowest BCUT2D eigenvalue weighted by Gasteiger charge is -2.27. The molecule has 13 heteroatoms. The summed E-state index contributed by atoms with van der Waals surface area (Å²) in [6.07, 6.45) is 11.6. The zero-order valence-corrected chi connectivity index (χ0v) is 22.5. The summed E-state index contributed by atoms with van der Waals surface area (Å²) in [6.45, 7) is 2.09. The van der Waals surface area contributed by atoms with Gasteiger partial charge < -0.3 is 10.6 Å². The molecule has 2 amide bonds. The lowest BCUT2D eigenvalue weighted by molar-refractivity contribution is -0.116. The molecular formula is C25H27N9O2S2. The molecule has 2 unspecified atom stereocenters. The molecule has 5 rings (SSSR count). The number of anilines is 2. The van der Waals surface area contributed by atoms with Crippen molar-refractivity contribution in [2.24, 2.45) is 0 Å². The van der Waals surface area contributed by atoms with E-state index >= 15 is 0 Å². The molecule has 1 fully saturated rings. The van der Waals surface area contributed by atoms with Crippen molar-refractivity contribution in [2.75, 3.05) is 10.6 Å². The summed E-state index contributed by atoms with van der Waals surface area (Å²) in [7, 11) is 0. The highest BCUT2D eigenvalue weighted by Crippen LogP contribution is 2.45. The van der Waals surface area contributed by atoms with Crippen LogP contribution in [0.1, 0.15) is 71.7 Å². The predicted octanol–water partition coefficient (Wildman–Crippen LogP) is 3.94. The average molecular weight is 550 g/mol. The number of nitrogens with one attached hydrogen (secondary N) is 2. The van der Waals surface area contributed by atoms with Crippen LogP contribution in [0, 0.1) is 0 Å². The van der Waals surface area contributed by atoms with Gasteiger partial charge in [-0.3, -0.25) is 9.59 Å². The van der Waals surface area contributed by atoms with Gasteiger partial charge in [-0.2, -0.15) is 0 Å². The average Bonchev–Trinajstić information content (AvgIpc) is 3.57. The number of rotatable bonds is 9. The number of aromatic nitrogens is 7. The molecule has 0 saturated heterocycles. The van der Waals surface area contributed by atoms with Gasteiger partial charge in [0.2, 0.25) is 16.9 Å². The van der Waals surface area contributed by atoms with E-state index in [4.69, 9.17) is 4.98 Å². The van der Waals surface area contributed by atoms with Crippen molar-refractivity contribution in [1.29, 1.82) is 0 Å². The Balaban J connectivity index is 1.21. The van der Waals surface area contributed by atoms with Crippen LogP contribution in [0.5, 0.6) is 0 Å². The van der Waals surface area contributed by atoms with Gasteiger partial charge in [-0.05, 0) is 43.7 Å². The molecule has 0 radical (unpaired) electrons. The third-order valence-electron chi connectivity index (χ3n) is 6.27. The summed E-state index contributed by atoms with van der Waals surface area (Å²) in [6, 6.07) is 3.43. The summed E-state index contributed by atoms with van der Waals surface area (Å²) < 4.78 is 0. The molecule has 2 atom stereocenters. The third-order valence-corrected chi connectivity index (χ3v) is 8.44. The second-order valence-corrected chi connectivity index (χ2v) is 11.0. The van der Waals surface area contributed by atoms with Crippen molar-refractivity contribution >= 4 is 44.8 Å². The number of nitrogens with zero attached hydrogens (tertiary/aromatic N) is 7. The number of amides is 2. The highest BCUT2D eigenvalue weighted by atomic mass is 32.1. The molecule has 0 aliphatic heterocycles. The maximum Gasteiger partial charge on any atom is 0.233 e. The van der Waals surface area contributed by atoms with Gasteiger partial charge in [0, 0.05) is 35.6 Å². The van der Waals surface area contributed by atoms with Gasteiger partial charge in [0.25, 0.3) is 0 Å². The molecule has 196 valence electrons. The van der Waals surface area contributed by atoms with Gasteiger partial charge in [0.05, 0.1) is 18.5 Å². The van der Waals surface area contributed by atoms with E-state index in [0.717, 1.165) is 42.8 Å². The highest BCUT2D eigenvalue weighted by Gasteiger charge is 2.30. The first-order chi connectivity index (χ1) is 18.6. The zero-order chi connectivity index (χ0) is 26.3. The van der Waals surface area contributed by atoms with Crippen LogP contribution in [0.3, 0.4) is 0 Å². The lowest BCUT2D eigenvalue weighted by atomic mass is 9.80. The molecule has 0 spiro atoms. The van der Waals surface area contributed by atoms with E-state index in [0.29, 0.717) is 27.8 Å². The second-order valence-electron chi connectivity index (χ2n) is 8.97. The standard InChI is InChI=1S/C25H27N9O2S2/c1-2-17-22(37-24(30-17)31-20(35)13-18-26-8-4-9-27-18)15-6-3-7-16(12-15)23-33-34-25(38-23)32-21(36)14-19-28-10-5-11-29-19/h4-5,8-11,15-16H,2-3,6-7,12-14H2,1H3,(H,30,31,35)(H,32,34,36). The van der Waals surface area contributed by atoms with Crippen LogP contribution in [-0.2, 0) is 28.9 Å². The smallest absolute Gasteiger partial charge is 0.233 e. The van der Waals surface area contributed by atoms with Gasteiger partial charge >= 0.3 is 0 Å². The minimum Gasteiger partial charge on any atom is -0.302 e. The molecule has 38 heavy (non-hydrogen) atoms. The molecule has 4 aromatic heterocycles. The second kappa shape index (κ2) is 12.2. The van der Waals surface area contributed by atoms with Crippen molar-refractivity contribution in [2.45, 2.75) is 63.7 Å². The molecule has 1 aliphatic carbocycles. The predicted molar refractivity (Wildman–Crippen MR) is 144 cm³/mol. The summed E-state index contributed by atoms with van der Waals surface area (Å²) in [5, 5.41) is 16.4. The Morgan fingerprint density at radius 3 is 2.08 bits per heavy atom. The van der Waals surface area contributed by atoms with Gasteiger partial charge in [-0.1, -0.05) is 24.7 Å². The first-order valence-electron chi connectivity index (χ1n) is 12.5. The number of hydrogen-bond acceptors (Lipinski definition) is 11. The van der Waals surface area contributed by atoms with Gasteiger partial charge in [0.1, 0.15) is 16.7 Å². The quantitative estimate of drug-likeness (QED) is 0.317. The third kappa shape index (κ3) is 6.58. The van der Waals surface area contributed by atoms with Crippen LogP contribution in [0.15, 0.2) is 36.9 Å². The largest absolute Gasteiger partial charge is 0.302 e. The topological polar surface area (TPSA) is 148 Å². The van der Waals surface area contributed by atoms with Crippen LogP contribution < -0.4 is 10.6 Å². The Bertz CT molecular complexity index is 1380. The summed E-state index contributed by atoms with van der Waals surface area (Å²) in [5.41, 5.74) is 1.03. The Labute approximate surface area is 227 Å². The first-order valence-corrected chi connectivity index (χ1v) is 14.1. The Morgan fingerprint density at radius 1 is 0.842 bits per heavy atom. The van der Waals surface area contributed by atoms with E-state index in [9.17, 15) is 9.59 Å². The van der Waals surface area contributed by atoms with Crippen LogP contribution in [0.2, 0.25) is 0 Å². The van der Waals surface area contributed by atoms with Crippen LogP contribution in [0.4, 0.5) is 10.3 Å². The monoisotopic (exact) mass is 549 g/mol. The van der Waals surface area contributed by atoms with Gasteiger partial charge in [-0.25, -0.2) is 24.9 Å². The number of thiazole rings is 1. The van der Waals surface area contributed by atoms with E-state index < -0.39 is 0 Å². The van der Waals surface area contributed by atoms with Crippen molar-refractivity contribution in [3.05, 3.63) is 64.1 Å². The molecule has 1 aliphatic rings. The summed E-state index contributed by atoms with van der Waals surface area (Å²) >= 11 is 2.98. The number of aryl methyl sites for hydroxylation is 1. The first kappa shape index (κ1) is 25.9. The minimum atomic E-state index is -0.217. The van der Waals surface area contributed by atoms with Crippen molar-refractivity contribution in [3.63, 3.8) is 0 Å². The maximum atomic E-state index is 12.5. The summed E-state index contributed by atoms with van der Waals surface area (Å²) in [4.78, 5) is 47.2. The highest BCUT2D eigenvalue weighted by molar-refractivity contribution is 7.16. The van der Waals surface area contributed by atoms with Crippen molar-refractivity contribution < 1.29 is 9.59 Å². The SMILES string of the molecule is CCc1nc(NC(=O)Cc2ncccn2)sc1C1CCCC(c2nnc(NC(=O)Cc3ncccn3)s2)C1. The van der Waals surface area contributed by atoms with Crippen LogP contribution in [0.25, 0.3) is 0 Å². The van der Waals surface area contributed by atoms with Crippen LogP contribution in [-0.4, -0.2) is 46.9 Å². The van der Waals surface area contributed by atoms with Gasteiger partial charge in [-0.15, -0.1) is 21.5 Å². The Morgan fingerprint density at radius 2 is 1.45 bits per heavy atom. The summed E-state index contributed by atoms with van der Waals surface area (Å²) in [5.74, 6) is 1.14. The number of hydrogen-bond donors (Lipinski definition) is 2. The van der Waals surface area contributed by atoms with E-state index in [-0.39, 0.29) is 30.6 Å². The fourth-order valence-electron chi connectivity index (χ4n) is 4.55. The molecule has 4 heterocycles. The molecule has 1 saturated carbocycles. The molecule has 0 bridgehead atoms. The van der Waals surface area contributed by atoms with Gasteiger partial charge in [0.15, 0.2) is 5.13 Å². The minimum absolute atomic E-state index is 0.0870. The molecular weight excluding hydrogens is 522 g/mol. The molecule has 0 aromatic carbocycles.